The van der Waals surface area contributed by atoms with Gasteiger partial charge in [0.1, 0.15) is 0 Å². The molecule has 1 nitrogen and oxygen atoms in total. The molecule has 1 N–H and O–H groups in total. The molecule has 0 radical (unpaired) electrons. The second-order valence-corrected chi connectivity index (χ2v) is 2.87. The Morgan fingerprint density at radius 2 is 2.17 bits per heavy atom. The highest BCUT2D eigenvalue weighted by atomic mass is 16.2. The standard InChI is InChI=1S/C11H18O/c1-3-7-11(8-4-2)9-5-6-10-12/h3,8,11-12H,1-2,5-7,9-10H2. The van der Waals surface area contributed by atoms with Crippen molar-refractivity contribution in [2.24, 2.45) is 5.92 Å². The van der Waals surface area contributed by atoms with Gasteiger partial charge in [-0.3, -0.25) is 0 Å². The molecule has 1 atom stereocenters. The van der Waals surface area contributed by atoms with E-state index in [1.165, 1.54) is 0 Å². The van der Waals surface area contributed by atoms with Gasteiger partial charge in [-0.2, -0.15) is 0 Å². The Kier molecular flexibility index (Phi) is 7.78. The molecule has 12 heavy (non-hydrogen) atoms. The lowest BCUT2D eigenvalue weighted by Gasteiger charge is -2.07. The van der Waals surface area contributed by atoms with Crippen LogP contribution >= 0.6 is 0 Å². The Labute approximate surface area is 75.1 Å². The zero-order valence-corrected chi connectivity index (χ0v) is 7.63. The third kappa shape index (κ3) is 5.96. The summed E-state index contributed by atoms with van der Waals surface area (Å²) in [5.74, 6) is 0.506. The zero-order valence-electron chi connectivity index (χ0n) is 7.63. The second-order valence-electron chi connectivity index (χ2n) is 2.87. The zero-order chi connectivity index (χ0) is 9.23. The molecule has 0 aromatic heterocycles. The first kappa shape index (κ1) is 11.2. The van der Waals surface area contributed by atoms with E-state index in [1.807, 2.05) is 12.2 Å². The quantitative estimate of drug-likeness (QED) is 0.350. The van der Waals surface area contributed by atoms with E-state index in [1.54, 1.807) is 0 Å². The third-order valence-corrected chi connectivity index (χ3v) is 1.81. The van der Waals surface area contributed by atoms with E-state index >= 15 is 0 Å². The molecule has 0 aromatic rings. The molecule has 0 saturated carbocycles. The van der Waals surface area contributed by atoms with Gasteiger partial charge in [0.2, 0.25) is 0 Å². The molecule has 0 aromatic carbocycles. The summed E-state index contributed by atoms with van der Waals surface area (Å²) in [6.07, 6.45) is 7.92. The number of aliphatic hydroxyl groups excluding tert-OH is 1. The van der Waals surface area contributed by atoms with E-state index in [2.05, 4.69) is 18.9 Å². The van der Waals surface area contributed by atoms with E-state index in [0.29, 0.717) is 12.5 Å². The summed E-state index contributed by atoms with van der Waals surface area (Å²) in [5.41, 5.74) is 2.79. The topological polar surface area (TPSA) is 20.2 Å². The molecule has 0 heterocycles. The molecule has 0 aliphatic rings. The molecule has 1 heteroatoms. The van der Waals surface area contributed by atoms with Gasteiger partial charge in [0.05, 0.1) is 0 Å². The molecule has 0 saturated heterocycles. The highest BCUT2D eigenvalue weighted by Gasteiger charge is 2.00. The Bertz CT molecular complexity index is 154. The van der Waals surface area contributed by atoms with Gasteiger partial charge < -0.3 is 5.11 Å². The van der Waals surface area contributed by atoms with Gasteiger partial charge in [0.15, 0.2) is 0 Å². The fraction of sp³-hybridized carbons (Fsp3) is 0.545. The van der Waals surface area contributed by atoms with Gasteiger partial charge in [-0.15, -0.1) is 12.3 Å². The summed E-state index contributed by atoms with van der Waals surface area (Å²) in [7, 11) is 0. The second kappa shape index (κ2) is 8.32. The Morgan fingerprint density at radius 1 is 1.42 bits per heavy atom. The van der Waals surface area contributed by atoms with Gasteiger partial charge in [0, 0.05) is 6.61 Å². The van der Waals surface area contributed by atoms with Crippen LogP contribution in [0.1, 0.15) is 25.7 Å². The minimum absolute atomic E-state index is 0.290. The smallest absolute Gasteiger partial charge is 0.0431 e. The average Bonchev–Trinajstić information content (AvgIpc) is 2.06. The van der Waals surface area contributed by atoms with Crippen LogP contribution in [0.15, 0.2) is 31.0 Å². The molecule has 0 spiro atoms. The minimum Gasteiger partial charge on any atom is -0.396 e. The van der Waals surface area contributed by atoms with Crippen molar-refractivity contribution < 1.29 is 5.11 Å². The molecule has 1 unspecified atom stereocenters. The lowest BCUT2D eigenvalue weighted by atomic mass is 9.98. The van der Waals surface area contributed by atoms with Crippen LogP contribution in [-0.4, -0.2) is 11.7 Å². The fourth-order valence-electron chi connectivity index (χ4n) is 1.17. The maximum absolute atomic E-state index is 8.58. The van der Waals surface area contributed by atoms with Gasteiger partial charge in [0.25, 0.3) is 0 Å². The number of unbranched alkanes of at least 4 members (excludes halogenated alkanes) is 1. The van der Waals surface area contributed by atoms with Crippen LogP contribution in [0.2, 0.25) is 0 Å². The lowest BCUT2D eigenvalue weighted by Crippen LogP contribution is -1.95. The van der Waals surface area contributed by atoms with E-state index in [-0.39, 0.29) is 0 Å². The van der Waals surface area contributed by atoms with Crippen molar-refractivity contribution in [2.45, 2.75) is 25.7 Å². The molecule has 0 bridgehead atoms. The van der Waals surface area contributed by atoms with Crippen LogP contribution in [0.3, 0.4) is 0 Å². The van der Waals surface area contributed by atoms with Gasteiger partial charge in [-0.1, -0.05) is 19.1 Å². The molecular weight excluding hydrogens is 148 g/mol. The third-order valence-electron chi connectivity index (χ3n) is 1.81. The van der Waals surface area contributed by atoms with Crippen LogP contribution < -0.4 is 0 Å². The van der Waals surface area contributed by atoms with Gasteiger partial charge >= 0.3 is 0 Å². The van der Waals surface area contributed by atoms with Crippen LogP contribution in [0, 0.1) is 5.92 Å². The van der Waals surface area contributed by atoms with E-state index in [0.717, 1.165) is 25.7 Å². The SMILES string of the molecule is C=C=CC(CC=C)CCCCO. The number of aliphatic hydroxyl groups is 1. The summed E-state index contributed by atoms with van der Waals surface area (Å²) in [6.45, 7) is 7.53. The van der Waals surface area contributed by atoms with Crippen molar-refractivity contribution in [2.75, 3.05) is 6.61 Å². The molecular formula is C11H18O. The summed E-state index contributed by atoms with van der Waals surface area (Å²) in [4.78, 5) is 0. The minimum atomic E-state index is 0.290. The first-order valence-corrected chi connectivity index (χ1v) is 4.42. The number of allylic oxidation sites excluding steroid dienone is 2. The molecule has 0 aliphatic heterocycles. The van der Waals surface area contributed by atoms with Crippen molar-refractivity contribution >= 4 is 0 Å². The van der Waals surface area contributed by atoms with E-state index in [4.69, 9.17) is 5.11 Å². The fourth-order valence-corrected chi connectivity index (χ4v) is 1.17. The van der Waals surface area contributed by atoms with Crippen LogP contribution in [-0.2, 0) is 0 Å². The van der Waals surface area contributed by atoms with Crippen molar-refractivity contribution in [3.05, 3.63) is 31.0 Å². The Hall–Kier alpha value is -0.780. The maximum atomic E-state index is 8.58. The highest BCUT2D eigenvalue weighted by Crippen LogP contribution is 2.13. The summed E-state index contributed by atoms with van der Waals surface area (Å²) in [6, 6.07) is 0. The van der Waals surface area contributed by atoms with Crippen molar-refractivity contribution in [1.82, 2.24) is 0 Å². The summed E-state index contributed by atoms with van der Waals surface area (Å²) in [5, 5.41) is 8.58. The first-order chi connectivity index (χ1) is 5.85. The number of hydrogen-bond donors (Lipinski definition) is 1. The van der Waals surface area contributed by atoms with Crippen LogP contribution in [0.4, 0.5) is 0 Å². The average molecular weight is 166 g/mol. The predicted molar refractivity (Wildman–Crippen MR) is 53.0 cm³/mol. The Balaban J connectivity index is 3.62. The molecule has 0 aliphatic carbocycles. The van der Waals surface area contributed by atoms with Crippen LogP contribution in [0.25, 0.3) is 0 Å². The maximum Gasteiger partial charge on any atom is 0.0431 e. The molecule has 68 valence electrons. The lowest BCUT2D eigenvalue weighted by molar-refractivity contribution is 0.280. The van der Waals surface area contributed by atoms with Gasteiger partial charge in [-0.05, 0) is 31.3 Å². The predicted octanol–water partition coefficient (Wildman–Crippen LogP) is 2.68. The molecule has 0 amide bonds. The normalized spacial score (nSPS) is 11.8. The Morgan fingerprint density at radius 3 is 2.67 bits per heavy atom. The van der Waals surface area contributed by atoms with Crippen molar-refractivity contribution in [1.29, 1.82) is 0 Å². The van der Waals surface area contributed by atoms with Crippen LogP contribution in [0.5, 0.6) is 0 Å². The summed E-state index contributed by atoms with van der Waals surface area (Å²) >= 11 is 0. The molecule has 0 rings (SSSR count). The largest absolute Gasteiger partial charge is 0.396 e. The molecule has 0 fully saturated rings. The number of rotatable bonds is 7. The van der Waals surface area contributed by atoms with E-state index in [9.17, 15) is 0 Å². The van der Waals surface area contributed by atoms with E-state index < -0.39 is 0 Å². The highest BCUT2D eigenvalue weighted by molar-refractivity contribution is 4.88. The van der Waals surface area contributed by atoms with Crippen molar-refractivity contribution in [3.8, 4) is 0 Å². The monoisotopic (exact) mass is 166 g/mol. The summed E-state index contributed by atoms with van der Waals surface area (Å²) < 4.78 is 0. The number of hydrogen-bond acceptors (Lipinski definition) is 1. The van der Waals surface area contributed by atoms with Gasteiger partial charge in [-0.25, -0.2) is 0 Å². The van der Waals surface area contributed by atoms with Crippen molar-refractivity contribution in [3.63, 3.8) is 0 Å². The first-order valence-electron chi connectivity index (χ1n) is 4.42.